The van der Waals surface area contributed by atoms with Crippen LogP contribution in [0.15, 0.2) is 24.3 Å². The molecule has 1 N–H and O–H groups in total. The van der Waals surface area contributed by atoms with Crippen LogP contribution in [0.3, 0.4) is 0 Å². The van der Waals surface area contributed by atoms with Crippen molar-refractivity contribution < 1.29 is 28.2 Å². The number of carbonyl (C=O) groups is 2. The third-order valence-electron chi connectivity index (χ3n) is 3.25. The minimum Gasteiger partial charge on any atom is -0.480 e. The van der Waals surface area contributed by atoms with Crippen LogP contribution in [0.1, 0.15) is 25.8 Å². The van der Waals surface area contributed by atoms with Crippen LogP contribution in [-0.2, 0) is 16.0 Å². The number of carbonyl (C=O) groups excluding carboxylic acids is 1. The van der Waals surface area contributed by atoms with Gasteiger partial charge in [0.2, 0.25) is 5.91 Å². The molecular formula is C15H19F2NO4. The van der Waals surface area contributed by atoms with Gasteiger partial charge in [0.25, 0.3) is 0 Å². The summed E-state index contributed by atoms with van der Waals surface area (Å²) in [6.45, 7) is 0.383. The normalized spacial score (nSPS) is 12.0. The van der Waals surface area contributed by atoms with Crippen molar-refractivity contribution in [2.75, 3.05) is 6.54 Å². The van der Waals surface area contributed by atoms with Gasteiger partial charge in [0, 0.05) is 6.04 Å². The molecule has 1 aromatic rings. The fourth-order valence-electron chi connectivity index (χ4n) is 1.92. The van der Waals surface area contributed by atoms with Gasteiger partial charge in [-0.15, -0.1) is 0 Å². The van der Waals surface area contributed by atoms with E-state index in [1.165, 1.54) is 29.2 Å². The minimum atomic E-state index is -2.90. The van der Waals surface area contributed by atoms with Crippen LogP contribution in [0.2, 0.25) is 0 Å². The Kier molecular flexibility index (Phi) is 6.75. The maximum atomic E-state index is 12.2. The van der Waals surface area contributed by atoms with Gasteiger partial charge in [0.15, 0.2) is 0 Å². The second-order valence-electron chi connectivity index (χ2n) is 4.87. The van der Waals surface area contributed by atoms with Crippen LogP contribution in [0.5, 0.6) is 5.75 Å². The number of rotatable bonds is 8. The Labute approximate surface area is 127 Å². The fourth-order valence-corrected chi connectivity index (χ4v) is 1.92. The van der Waals surface area contributed by atoms with Crippen molar-refractivity contribution in [3.63, 3.8) is 0 Å². The van der Waals surface area contributed by atoms with E-state index in [0.717, 1.165) is 0 Å². The molecule has 1 amide bonds. The number of carboxylic acids is 1. The molecule has 1 aromatic carbocycles. The van der Waals surface area contributed by atoms with Gasteiger partial charge in [-0.2, -0.15) is 8.78 Å². The summed E-state index contributed by atoms with van der Waals surface area (Å²) in [5.41, 5.74) is 0.602. The lowest BCUT2D eigenvalue weighted by Gasteiger charge is -2.27. The van der Waals surface area contributed by atoms with Gasteiger partial charge in [-0.25, -0.2) is 0 Å². The summed E-state index contributed by atoms with van der Waals surface area (Å²) >= 11 is 0. The SMILES string of the molecule is CCC(C)N(CC(=O)O)C(=O)Cc1ccc(OC(F)F)cc1. The lowest BCUT2D eigenvalue weighted by molar-refractivity contribution is -0.145. The smallest absolute Gasteiger partial charge is 0.387 e. The Bertz CT molecular complexity index is 505. The van der Waals surface area contributed by atoms with Crippen molar-refractivity contribution in [3.8, 4) is 5.75 Å². The number of ether oxygens (including phenoxy) is 1. The molecule has 0 saturated carbocycles. The van der Waals surface area contributed by atoms with Gasteiger partial charge in [-0.3, -0.25) is 9.59 Å². The minimum absolute atomic E-state index is 0.00653. The Morgan fingerprint density at radius 2 is 1.86 bits per heavy atom. The number of hydrogen-bond acceptors (Lipinski definition) is 3. The summed E-state index contributed by atoms with van der Waals surface area (Å²) in [7, 11) is 0. The van der Waals surface area contributed by atoms with Crippen molar-refractivity contribution in [3.05, 3.63) is 29.8 Å². The van der Waals surface area contributed by atoms with E-state index in [-0.39, 0.29) is 30.7 Å². The highest BCUT2D eigenvalue weighted by atomic mass is 19.3. The van der Waals surface area contributed by atoms with Gasteiger partial charge in [0.05, 0.1) is 6.42 Å². The molecule has 0 radical (unpaired) electrons. The molecule has 0 spiro atoms. The molecule has 0 bridgehead atoms. The van der Waals surface area contributed by atoms with E-state index >= 15 is 0 Å². The van der Waals surface area contributed by atoms with Crippen molar-refractivity contribution in [1.82, 2.24) is 4.90 Å². The highest BCUT2D eigenvalue weighted by molar-refractivity contribution is 5.83. The Balaban J connectivity index is 2.74. The van der Waals surface area contributed by atoms with Crippen molar-refractivity contribution in [2.24, 2.45) is 0 Å². The van der Waals surface area contributed by atoms with E-state index in [1.54, 1.807) is 6.92 Å². The third-order valence-corrected chi connectivity index (χ3v) is 3.25. The predicted molar refractivity (Wildman–Crippen MR) is 75.9 cm³/mol. The van der Waals surface area contributed by atoms with Gasteiger partial charge in [-0.05, 0) is 31.0 Å². The third kappa shape index (κ3) is 5.67. The number of nitrogens with zero attached hydrogens (tertiary/aromatic N) is 1. The number of amides is 1. The van der Waals surface area contributed by atoms with Crippen molar-refractivity contribution in [2.45, 2.75) is 39.3 Å². The van der Waals surface area contributed by atoms with Crippen LogP contribution < -0.4 is 4.74 Å². The van der Waals surface area contributed by atoms with Gasteiger partial charge in [0.1, 0.15) is 12.3 Å². The van der Waals surface area contributed by atoms with Gasteiger partial charge in [-0.1, -0.05) is 19.1 Å². The van der Waals surface area contributed by atoms with E-state index in [0.29, 0.717) is 12.0 Å². The number of alkyl halides is 2. The maximum Gasteiger partial charge on any atom is 0.387 e. The van der Waals surface area contributed by atoms with Crippen LogP contribution >= 0.6 is 0 Å². The molecule has 22 heavy (non-hydrogen) atoms. The first kappa shape index (κ1) is 17.9. The Hall–Kier alpha value is -2.18. The lowest BCUT2D eigenvalue weighted by Crippen LogP contribution is -2.42. The molecule has 0 aliphatic rings. The van der Waals surface area contributed by atoms with Crippen LogP contribution in [-0.4, -0.2) is 41.1 Å². The number of hydrogen-bond donors (Lipinski definition) is 1. The summed E-state index contributed by atoms with van der Waals surface area (Å²) in [5.74, 6) is -1.39. The zero-order valence-corrected chi connectivity index (χ0v) is 12.5. The molecule has 1 atom stereocenters. The van der Waals surface area contributed by atoms with E-state index in [2.05, 4.69) is 4.74 Å². The molecule has 5 nitrogen and oxygen atoms in total. The van der Waals surface area contributed by atoms with Crippen molar-refractivity contribution >= 4 is 11.9 Å². The molecule has 1 unspecified atom stereocenters. The molecule has 122 valence electrons. The number of benzene rings is 1. The summed E-state index contributed by atoms with van der Waals surface area (Å²) in [6, 6.07) is 5.51. The van der Waals surface area contributed by atoms with E-state index in [1.807, 2.05) is 6.92 Å². The van der Waals surface area contributed by atoms with Crippen LogP contribution in [0.25, 0.3) is 0 Å². The topological polar surface area (TPSA) is 66.8 Å². The molecule has 0 aromatic heterocycles. The molecule has 0 heterocycles. The summed E-state index contributed by atoms with van der Waals surface area (Å²) in [5, 5.41) is 8.88. The predicted octanol–water partition coefficient (Wildman–Crippen LogP) is 2.54. The number of carboxylic acid groups (broad SMARTS) is 1. The fraction of sp³-hybridized carbons (Fsp3) is 0.467. The van der Waals surface area contributed by atoms with Crippen molar-refractivity contribution in [1.29, 1.82) is 0 Å². The molecule has 7 heteroatoms. The second-order valence-corrected chi connectivity index (χ2v) is 4.87. The molecule has 0 aliphatic heterocycles. The standard InChI is InChI=1S/C15H19F2NO4/c1-3-10(2)18(9-14(20)21)13(19)8-11-4-6-12(7-5-11)22-15(16)17/h4-7,10,15H,3,8-9H2,1-2H3,(H,20,21). The van der Waals surface area contributed by atoms with E-state index < -0.39 is 12.6 Å². The molecule has 0 aliphatic carbocycles. The highest BCUT2D eigenvalue weighted by Gasteiger charge is 2.21. The highest BCUT2D eigenvalue weighted by Crippen LogP contribution is 2.16. The van der Waals surface area contributed by atoms with E-state index in [9.17, 15) is 18.4 Å². The monoisotopic (exact) mass is 315 g/mol. The van der Waals surface area contributed by atoms with Gasteiger partial charge < -0.3 is 14.7 Å². The lowest BCUT2D eigenvalue weighted by atomic mass is 10.1. The average molecular weight is 315 g/mol. The Morgan fingerprint density at radius 3 is 2.32 bits per heavy atom. The largest absolute Gasteiger partial charge is 0.480 e. The van der Waals surface area contributed by atoms with E-state index in [4.69, 9.17) is 5.11 Å². The first-order valence-electron chi connectivity index (χ1n) is 6.88. The second kappa shape index (κ2) is 8.31. The zero-order valence-electron chi connectivity index (χ0n) is 12.5. The van der Waals surface area contributed by atoms with Crippen LogP contribution in [0, 0.1) is 0 Å². The summed E-state index contributed by atoms with van der Waals surface area (Å²) < 4.78 is 28.3. The molecule has 1 rings (SSSR count). The van der Waals surface area contributed by atoms with Gasteiger partial charge >= 0.3 is 12.6 Å². The summed E-state index contributed by atoms with van der Waals surface area (Å²) in [4.78, 5) is 24.4. The Morgan fingerprint density at radius 1 is 1.27 bits per heavy atom. The maximum absolute atomic E-state index is 12.2. The first-order chi connectivity index (χ1) is 10.3. The number of halogens is 2. The van der Waals surface area contributed by atoms with Crippen LogP contribution in [0.4, 0.5) is 8.78 Å². The molecule has 0 saturated heterocycles. The summed E-state index contributed by atoms with van der Waals surface area (Å²) in [6.07, 6.45) is 0.646. The number of aliphatic carboxylic acids is 1. The molecule has 0 fully saturated rings. The quantitative estimate of drug-likeness (QED) is 0.800. The average Bonchev–Trinajstić information content (AvgIpc) is 2.45. The zero-order chi connectivity index (χ0) is 16.7. The first-order valence-corrected chi connectivity index (χ1v) is 6.88. The molecular weight excluding hydrogens is 296 g/mol.